The lowest BCUT2D eigenvalue weighted by atomic mass is 10.2. The minimum Gasteiger partial charge on any atom is -0.493 e. The number of methoxy groups -OCH3 is 2. The van der Waals surface area contributed by atoms with Crippen LogP contribution in [0.15, 0.2) is 12.1 Å². The summed E-state index contributed by atoms with van der Waals surface area (Å²) in [7, 11) is 2.97. The van der Waals surface area contributed by atoms with Gasteiger partial charge in [-0.3, -0.25) is 4.79 Å². The fraction of sp³-hybridized carbons (Fsp3) is 0.462. The van der Waals surface area contributed by atoms with E-state index in [9.17, 15) is 4.79 Å². The van der Waals surface area contributed by atoms with Crippen LogP contribution in [0.4, 0.5) is 0 Å². The molecule has 0 aliphatic heterocycles. The van der Waals surface area contributed by atoms with Crippen molar-refractivity contribution in [1.29, 1.82) is 0 Å². The molecule has 0 bridgehead atoms. The van der Waals surface area contributed by atoms with Crippen molar-refractivity contribution in [2.45, 2.75) is 0 Å². The molecule has 1 N–H and O–H groups in total. The van der Waals surface area contributed by atoms with E-state index in [1.54, 1.807) is 12.1 Å². The Kier molecular flexibility index (Phi) is 6.70. The second-order valence-electron chi connectivity index (χ2n) is 3.56. The summed E-state index contributed by atoms with van der Waals surface area (Å²) in [4.78, 5) is 10.8. The molecule has 0 fully saturated rings. The van der Waals surface area contributed by atoms with E-state index < -0.39 is 0 Å². The zero-order valence-corrected chi connectivity index (χ0v) is 11.0. The van der Waals surface area contributed by atoms with Crippen LogP contribution >= 0.6 is 0 Å². The molecule has 1 rings (SSSR count). The minimum absolute atomic E-state index is 0.0271. The van der Waals surface area contributed by atoms with E-state index in [-0.39, 0.29) is 19.8 Å². The number of aldehydes is 1. The van der Waals surface area contributed by atoms with Crippen molar-refractivity contribution < 1.29 is 28.8 Å². The van der Waals surface area contributed by atoms with Crippen molar-refractivity contribution in [3.63, 3.8) is 0 Å². The molecule has 0 saturated carbocycles. The molecule has 106 valence electrons. The van der Waals surface area contributed by atoms with Crippen molar-refractivity contribution in [1.82, 2.24) is 0 Å². The lowest BCUT2D eigenvalue weighted by Crippen LogP contribution is -2.10. The highest BCUT2D eigenvalue weighted by atomic mass is 16.6. The van der Waals surface area contributed by atoms with Gasteiger partial charge >= 0.3 is 0 Å². The molecular formula is C13H18O6. The number of benzene rings is 1. The van der Waals surface area contributed by atoms with Gasteiger partial charge in [-0.05, 0) is 12.1 Å². The van der Waals surface area contributed by atoms with Crippen LogP contribution in [-0.2, 0) is 4.74 Å². The van der Waals surface area contributed by atoms with Crippen LogP contribution in [0.1, 0.15) is 10.4 Å². The van der Waals surface area contributed by atoms with E-state index >= 15 is 0 Å². The van der Waals surface area contributed by atoms with Gasteiger partial charge in [0, 0.05) is 5.56 Å². The quantitative estimate of drug-likeness (QED) is 0.531. The monoisotopic (exact) mass is 270 g/mol. The standard InChI is InChI=1S/C13H18O6/c1-16-11-7-10(9-15)8-12(17-2)13(11)19-6-5-18-4-3-14/h7-9,14H,3-6H2,1-2H3. The van der Waals surface area contributed by atoms with Crippen LogP contribution in [0.3, 0.4) is 0 Å². The minimum atomic E-state index is -0.0271. The van der Waals surface area contributed by atoms with E-state index in [4.69, 9.17) is 24.1 Å². The molecule has 0 aromatic heterocycles. The molecule has 0 heterocycles. The van der Waals surface area contributed by atoms with Gasteiger partial charge in [-0.25, -0.2) is 0 Å². The summed E-state index contributed by atoms with van der Waals surface area (Å²) in [6, 6.07) is 3.14. The molecule has 6 heteroatoms. The number of hydrogen-bond acceptors (Lipinski definition) is 6. The van der Waals surface area contributed by atoms with Crippen molar-refractivity contribution >= 4 is 6.29 Å². The molecule has 0 aliphatic carbocycles. The van der Waals surface area contributed by atoms with Gasteiger partial charge in [0.2, 0.25) is 5.75 Å². The molecule has 1 aromatic rings. The summed E-state index contributed by atoms with van der Waals surface area (Å²) in [5.74, 6) is 1.26. The lowest BCUT2D eigenvalue weighted by molar-refractivity contribution is 0.0692. The number of ether oxygens (including phenoxy) is 4. The molecular weight excluding hydrogens is 252 g/mol. The van der Waals surface area contributed by atoms with Crippen LogP contribution in [0.25, 0.3) is 0 Å². The van der Waals surface area contributed by atoms with Crippen molar-refractivity contribution in [2.75, 3.05) is 40.6 Å². The van der Waals surface area contributed by atoms with E-state index in [1.165, 1.54) is 14.2 Å². The Morgan fingerprint density at radius 2 is 1.74 bits per heavy atom. The van der Waals surface area contributed by atoms with E-state index in [0.717, 1.165) is 0 Å². The highest BCUT2D eigenvalue weighted by molar-refractivity contribution is 5.78. The second-order valence-corrected chi connectivity index (χ2v) is 3.56. The van der Waals surface area contributed by atoms with Gasteiger partial charge in [-0.2, -0.15) is 0 Å². The lowest BCUT2D eigenvalue weighted by Gasteiger charge is -2.14. The second kappa shape index (κ2) is 8.34. The predicted octanol–water partition coefficient (Wildman–Crippen LogP) is 0.904. The number of carbonyl (C=O) groups excluding carboxylic acids is 1. The third kappa shape index (κ3) is 4.42. The first kappa shape index (κ1) is 15.3. The van der Waals surface area contributed by atoms with Gasteiger partial charge in [0.1, 0.15) is 12.9 Å². The van der Waals surface area contributed by atoms with Crippen LogP contribution in [0, 0.1) is 0 Å². The van der Waals surface area contributed by atoms with Gasteiger partial charge in [0.25, 0.3) is 0 Å². The smallest absolute Gasteiger partial charge is 0.203 e. The average molecular weight is 270 g/mol. The number of rotatable bonds is 9. The predicted molar refractivity (Wildman–Crippen MR) is 68.3 cm³/mol. The zero-order chi connectivity index (χ0) is 14.1. The van der Waals surface area contributed by atoms with E-state index in [0.29, 0.717) is 35.7 Å². The van der Waals surface area contributed by atoms with Crippen LogP contribution < -0.4 is 14.2 Å². The van der Waals surface area contributed by atoms with Crippen molar-refractivity contribution in [3.05, 3.63) is 17.7 Å². The van der Waals surface area contributed by atoms with Crippen molar-refractivity contribution in [2.24, 2.45) is 0 Å². The summed E-state index contributed by atoms with van der Waals surface area (Å²) in [5, 5.41) is 8.57. The topological polar surface area (TPSA) is 74.2 Å². The SMILES string of the molecule is COc1cc(C=O)cc(OC)c1OCCOCCO. The molecule has 0 amide bonds. The molecule has 6 nitrogen and oxygen atoms in total. The molecule has 1 aromatic carbocycles. The zero-order valence-electron chi connectivity index (χ0n) is 11.0. The fourth-order valence-corrected chi connectivity index (χ4v) is 1.48. The summed E-state index contributed by atoms with van der Waals surface area (Å²) >= 11 is 0. The van der Waals surface area contributed by atoms with E-state index in [1.807, 2.05) is 0 Å². The molecule has 0 aliphatic rings. The van der Waals surface area contributed by atoms with E-state index in [2.05, 4.69) is 0 Å². The Labute approximate surface area is 111 Å². The highest BCUT2D eigenvalue weighted by Gasteiger charge is 2.13. The molecule has 19 heavy (non-hydrogen) atoms. The molecule has 0 spiro atoms. The normalized spacial score (nSPS) is 10.1. The highest BCUT2D eigenvalue weighted by Crippen LogP contribution is 2.38. The Hall–Kier alpha value is -1.79. The largest absolute Gasteiger partial charge is 0.493 e. The Morgan fingerprint density at radius 1 is 1.11 bits per heavy atom. The average Bonchev–Trinajstić information content (AvgIpc) is 2.46. The van der Waals surface area contributed by atoms with Crippen molar-refractivity contribution in [3.8, 4) is 17.2 Å². The number of aliphatic hydroxyl groups is 1. The third-order valence-electron chi connectivity index (χ3n) is 2.33. The molecule has 0 unspecified atom stereocenters. The maximum atomic E-state index is 10.8. The van der Waals surface area contributed by atoms with Gasteiger partial charge < -0.3 is 24.1 Å². The maximum absolute atomic E-state index is 10.8. The van der Waals surface area contributed by atoms with Gasteiger partial charge in [-0.1, -0.05) is 0 Å². The first-order valence-corrected chi connectivity index (χ1v) is 5.79. The number of aliphatic hydroxyl groups excluding tert-OH is 1. The van der Waals surface area contributed by atoms with Gasteiger partial charge in [0.05, 0.1) is 34.0 Å². The summed E-state index contributed by atoms with van der Waals surface area (Å²) < 4.78 is 20.9. The Balaban J connectivity index is 2.76. The summed E-state index contributed by atoms with van der Waals surface area (Å²) in [5.41, 5.74) is 0.442. The number of carbonyl (C=O) groups is 1. The Bertz CT molecular complexity index is 379. The summed E-state index contributed by atoms with van der Waals surface area (Å²) in [6.07, 6.45) is 0.708. The Morgan fingerprint density at radius 3 is 2.21 bits per heavy atom. The first-order valence-electron chi connectivity index (χ1n) is 5.79. The van der Waals surface area contributed by atoms with Gasteiger partial charge in [0.15, 0.2) is 11.5 Å². The van der Waals surface area contributed by atoms with Crippen LogP contribution in [0.5, 0.6) is 17.2 Å². The van der Waals surface area contributed by atoms with Gasteiger partial charge in [-0.15, -0.1) is 0 Å². The fourth-order valence-electron chi connectivity index (χ4n) is 1.48. The number of hydrogen-bond donors (Lipinski definition) is 1. The molecule has 0 saturated heterocycles. The van der Waals surface area contributed by atoms with Crippen LogP contribution in [-0.4, -0.2) is 52.0 Å². The molecule has 0 atom stereocenters. The third-order valence-corrected chi connectivity index (χ3v) is 2.33. The maximum Gasteiger partial charge on any atom is 0.203 e. The van der Waals surface area contributed by atoms with Crippen LogP contribution in [0.2, 0.25) is 0 Å². The summed E-state index contributed by atoms with van der Waals surface area (Å²) in [6.45, 7) is 0.859. The molecule has 0 radical (unpaired) electrons. The first-order chi connectivity index (χ1) is 9.26.